The third-order valence-corrected chi connectivity index (χ3v) is 9.56. The zero-order valence-electron chi connectivity index (χ0n) is 25.6. The van der Waals surface area contributed by atoms with Gasteiger partial charge in [0.05, 0.1) is 0 Å². The van der Waals surface area contributed by atoms with Gasteiger partial charge in [0, 0.05) is 22.7 Å². The maximum Gasteiger partial charge on any atom is 0.339 e. The Hall–Kier alpha value is -5.86. The Labute approximate surface area is 278 Å². The molecule has 0 saturated carbocycles. The standard InChI is InChI=1S/C34H30N4O8S2/c1-23-8-3-5-12-31(23)47(41,42)45-29-18-14-25(15-19-29)35-33(39)37-27-10-7-11-28(22-27)38-34(40)36-26-16-20-30(21-17-26)46-48(43,44)32-13-6-4-9-24(32)2/h3-22H,1-2H3,(H2,35,37,39)(H2,36,38,40). The summed E-state index contributed by atoms with van der Waals surface area (Å²) in [6.45, 7) is 3.34. The molecule has 12 nitrogen and oxygen atoms in total. The van der Waals surface area contributed by atoms with E-state index < -0.39 is 32.3 Å². The van der Waals surface area contributed by atoms with Crippen molar-refractivity contribution in [2.24, 2.45) is 0 Å². The highest BCUT2D eigenvalue weighted by Crippen LogP contribution is 2.25. The molecule has 0 aromatic heterocycles. The van der Waals surface area contributed by atoms with Gasteiger partial charge in [-0.05, 0) is 104 Å². The lowest BCUT2D eigenvalue weighted by Gasteiger charge is -2.12. The minimum Gasteiger partial charge on any atom is -0.379 e. The topological polar surface area (TPSA) is 169 Å². The molecular formula is C34H30N4O8S2. The summed E-state index contributed by atoms with van der Waals surface area (Å²) in [5, 5.41) is 10.6. The smallest absolute Gasteiger partial charge is 0.339 e. The van der Waals surface area contributed by atoms with Gasteiger partial charge >= 0.3 is 32.3 Å². The molecule has 0 radical (unpaired) electrons. The van der Waals surface area contributed by atoms with Crippen LogP contribution in [0, 0.1) is 13.8 Å². The van der Waals surface area contributed by atoms with Crippen LogP contribution in [0.3, 0.4) is 0 Å². The van der Waals surface area contributed by atoms with Gasteiger partial charge in [0.15, 0.2) is 0 Å². The van der Waals surface area contributed by atoms with Gasteiger partial charge in [-0.3, -0.25) is 0 Å². The molecule has 0 unspecified atom stereocenters. The molecule has 5 aromatic rings. The van der Waals surface area contributed by atoms with Gasteiger partial charge < -0.3 is 29.6 Å². The fourth-order valence-corrected chi connectivity index (χ4v) is 6.79. The van der Waals surface area contributed by atoms with Crippen LogP contribution in [0.2, 0.25) is 0 Å². The number of hydrogen-bond acceptors (Lipinski definition) is 8. The molecule has 0 aliphatic carbocycles. The maximum atomic E-state index is 12.6. The molecule has 0 spiro atoms. The van der Waals surface area contributed by atoms with Crippen molar-refractivity contribution in [2.75, 3.05) is 21.3 Å². The van der Waals surface area contributed by atoms with E-state index in [0.29, 0.717) is 33.9 Å². The average Bonchev–Trinajstić information content (AvgIpc) is 3.03. The van der Waals surface area contributed by atoms with Gasteiger partial charge in [-0.2, -0.15) is 16.8 Å². The van der Waals surface area contributed by atoms with E-state index >= 15 is 0 Å². The van der Waals surface area contributed by atoms with Crippen LogP contribution >= 0.6 is 0 Å². The Morgan fingerprint density at radius 2 is 0.812 bits per heavy atom. The summed E-state index contributed by atoms with van der Waals surface area (Å²) in [4.78, 5) is 25.3. The molecule has 14 heteroatoms. The Kier molecular flexibility index (Phi) is 9.96. The lowest BCUT2D eigenvalue weighted by molar-refractivity contribution is 0.261. The van der Waals surface area contributed by atoms with Crippen LogP contribution < -0.4 is 29.6 Å². The lowest BCUT2D eigenvalue weighted by atomic mass is 10.2. The monoisotopic (exact) mass is 686 g/mol. The number of carbonyl (C=O) groups is 2. The molecule has 4 N–H and O–H groups in total. The predicted octanol–water partition coefficient (Wildman–Crippen LogP) is 7.13. The first-order valence-electron chi connectivity index (χ1n) is 14.3. The summed E-state index contributed by atoms with van der Waals surface area (Å²) in [7, 11) is -8.06. The number of urea groups is 2. The Morgan fingerprint density at radius 1 is 0.458 bits per heavy atom. The normalized spacial score (nSPS) is 11.2. The van der Waals surface area contributed by atoms with E-state index in [4.69, 9.17) is 8.37 Å². The van der Waals surface area contributed by atoms with Crippen LogP contribution in [-0.2, 0) is 20.2 Å². The van der Waals surface area contributed by atoms with Gasteiger partial charge in [-0.15, -0.1) is 0 Å². The number of benzene rings is 5. The van der Waals surface area contributed by atoms with Gasteiger partial charge in [-0.25, -0.2) is 9.59 Å². The third kappa shape index (κ3) is 8.69. The number of nitrogens with one attached hydrogen (secondary N) is 4. The third-order valence-electron chi connectivity index (χ3n) is 6.74. The van der Waals surface area contributed by atoms with Crippen LogP contribution in [0.25, 0.3) is 0 Å². The SMILES string of the molecule is Cc1ccccc1S(=O)(=O)Oc1ccc(NC(=O)Nc2cccc(NC(=O)Nc3ccc(OS(=O)(=O)c4ccccc4C)cc3)c2)cc1. The number of carbonyl (C=O) groups excluding carboxylic acids is 2. The molecule has 0 heterocycles. The van der Waals surface area contributed by atoms with E-state index in [-0.39, 0.29) is 21.3 Å². The number of rotatable bonds is 10. The van der Waals surface area contributed by atoms with E-state index in [1.807, 2.05) is 0 Å². The lowest BCUT2D eigenvalue weighted by Crippen LogP contribution is -2.21. The summed E-state index contributed by atoms with van der Waals surface area (Å²) < 4.78 is 60.9. The molecule has 0 aliphatic rings. The first-order valence-corrected chi connectivity index (χ1v) is 17.2. The zero-order chi connectivity index (χ0) is 34.3. The number of aryl methyl sites for hydroxylation is 2. The second-order valence-corrected chi connectivity index (χ2v) is 13.4. The van der Waals surface area contributed by atoms with Crippen LogP contribution in [0.1, 0.15) is 11.1 Å². The van der Waals surface area contributed by atoms with Gasteiger partial charge in [0.25, 0.3) is 0 Å². The van der Waals surface area contributed by atoms with E-state index in [1.54, 1.807) is 74.5 Å². The molecule has 0 aliphatic heterocycles. The Bertz CT molecular complexity index is 2020. The van der Waals surface area contributed by atoms with Crippen molar-refractivity contribution in [3.8, 4) is 11.5 Å². The fourth-order valence-electron chi connectivity index (χ4n) is 4.47. The molecule has 0 atom stereocenters. The van der Waals surface area contributed by atoms with Crippen molar-refractivity contribution in [3.63, 3.8) is 0 Å². The number of anilines is 4. The summed E-state index contributed by atoms with van der Waals surface area (Å²) >= 11 is 0. The van der Waals surface area contributed by atoms with E-state index in [0.717, 1.165) is 0 Å². The van der Waals surface area contributed by atoms with Gasteiger partial charge in [0.2, 0.25) is 0 Å². The van der Waals surface area contributed by atoms with E-state index in [1.165, 1.54) is 60.7 Å². The Morgan fingerprint density at radius 3 is 1.19 bits per heavy atom. The maximum absolute atomic E-state index is 12.6. The molecule has 246 valence electrons. The van der Waals surface area contributed by atoms with Crippen molar-refractivity contribution >= 4 is 55.0 Å². The first kappa shape index (κ1) is 33.5. The summed E-state index contributed by atoms with van der Waals surface area (Å²) in [6, 6.07) is 29.9. The van der Waals surface area contributed by atoms with Crippen LogP contribution in [-0.4, -0.2) is 28.9 Å². The summed E-state index contributed by atoms with van der Waals surface area (Å²) in [5.41, 5.74) is 2.63. The second-order valence-electron chi connectivity index (χ2n) is 10.4. The van der Waals surface area contributed by atoms with Crippen molar-refractivity contribution in [3.05, 3.63) is 132 Å². The molecule has 5 aromatic carbocycles. The molecule has 0 bridgehead atoms. The fraction of sp³-hybridized carbons (Fsp3) is 0.0588. The highest BCUT2D eigenvalue weighted by molar-refractivity contribution is 7.87. The highest BCUT2D eigenvalue weighted by Gasteiger charge is 2.20. The summed E-state index contributed by atoms with van der Waals surface area (Å²) in [5.74, 6) is 0.160. The minimum absolute atomic E-state index is 0.0641. The van der Waals surface area contributed by atoms with Gasteiger partial charge in [0.1, 0.15) is 21.3 Å². The largest absolute Gasteiger partial charge is 0.379 e. The molecule has 0 fully saturated rings. The number of amides is 4. The van der Waals surface area contributed by atoms with Crippen molar-refractivity contribution in [2.45, 2.75) is 23.6 Å². The average molecular weight is 687 g/mol. The second kappa shape index (κ2) is 14.3. The molecule has 0 saturated heterocycles. The predicted molar refractivity (Wildman–Crippen MR) is 183 cm³/mol. The Balaban J connectivity index is 1.12. The van der Waals surface area contributed by atoms with Crippen LogP contribution in [0.5, 0.6) is 11.5 Å². The van der Waals surface area contributed by atoms with Crippen molar-refractivity contribution < 1.29 is 34.8 Å². The molecule has 4 amide bonds. The number of hydrogen-bond donors (Lipinski definition) is 4. The van der Waals surface area contributed by atoms with Crippen molar-refractivity contribution in [1.82, 2.24) is 0 Å². The molecule has 5 rings (SSSR count). The van der Waals surface area contributed by atoms with Crippen LogP contribution in [0.15, 0.2) is 131 Å². The van der Waals surface area contributed by atoms with Crippen LogP contribution in [0.4, 0.5) is 32.3 Å². The minimum atomic E-state index is -4.03. The first-order chi connectivity index (χ1) is 22.9. The van der Waals surface area contributed by atoms with Crippen molar-refractivity contribution in [1.29, 1.82) is 0 Å². The highest BCUT2D eigenvalue weighted by atomic mass is 32.2. The quantitative estimate of drug-likeness (QED) is 0.113. The van der Waals surface area contributed by atoms with E-state index in [9.17, 15) is 26.4 Å². The zero-order valence-corrected chi connectivity index (χ0v) is 27.3. The van der Waals surface area contributed by atoms with Gasteiger partial charge in [-0.1, -0.05) is 42.5 Å². The van der Waals surface area contributed by atoms with E-state index in [2.05, 4.69) is 21.3 Å². The molecular weight excluding hydrogens is 657 g/mol. The molecule has 48 heavy (non-hydrogen) atoms. The summed E-state index contributed by atoms with van der Waals surface area (Å²) in [6.07, 6.45) is 0.